The number of rotatable bonds is 6. The quantitative estimate of drug-likeness (QED) is 0.535. The zero-order valence-electron chi connectivity index (χ0n) is 13.4. The van der Waals surface area contributed by atoms with E-state index >= 15 is 0 Å². The predicted molar refractivity (Wildman–Crippen MR) is 81.7 cm³/mol. The fourth-order valence-corrected chi connectivity index (χ4v) is 3.48. The molecule has 0 saturated heterocycles. The van der Waals surface area contributed by atoms with Crippen molar-refractivity contribution in [3.05, 3.63) is 28.4 Å². The number of alkyl halides is 3. The van der Waals surface area contributed by atoms with Crippen molar-refractivity contribution in [1.29, 1.82) is 0 Å². The van der Waals surface area contributed by atoms with Crippen molar-refractivity contribution >= 4 is 26.0 Å². The lowest BCUT2D eigenvalue weighted by Crippen LogP contribution is -2.28. The van der Waals surface area contributed by atoms with Gasteiger partial charge in [0.2, 0.25) is 0 Å². The zero-order valence-corrected chi connectivity index (χ0v) is 15.0. The molecule has 0 N–H and O–H groups in total. The molecule has 0 heterocycles. The average molecular weight is 402 g/mol. The molecule has 0 aliphatic carbocycles. The van der Waals surface area contributed by atoms with Crippen LogP contribution in [0.3, 0.4) is 0 Å². The lowest BCUT2D eigenvalue weighted by molar-refractivity contribution is -0.144. The van der Waals surface area contributed by atoms with Crippen LogP contribution >= 0.6 is 0 Å². The Morgan fingerprint density at radius 1 is 1.08 bits per heavy atom. The summed E-state index contributed by atoms with van der Waals surface area (Å²) in [7, 11) is -11.3. The van der Waals surface area contributed by atoms with Crippen molar-refractivity contribution in [3.63, 3.8) is 0 Å². The van der Waals surface area contributed by atoms with Crippen LogP contribution in [0, 0.1) is 5.41 Å². The van der Waals surface area contributed by atoms with E-state index in [0.29, 0.717) is 6.42 Å². The van der Waals surface area contributed by atoms with Crippen LogP contribution in [0.2, 0.25) is 0 Å². The molecule has 7 nitrogen and oxygen atoms in total. The van der Waals surface area contributed by atoms with E-state index in [0.717, 1.165) is 24.3 Å². The maximum Gasteiger partial charge on any atom is 0.480 e. The van der Waals surface area contributed by atoms with Gasteiger partial charge in [-0.05, 0) is 44.5 Å². The molecule has 0 atom stereocenters. The summed E-state index contributed by atoms with van der Waals surface area (Å²) < 4.78 is 88.7. The lowest BCUT2D eigenvalue weighted by atomic mass is 9.91. The van der Waals surface area contributed by atoms with E-state index in [9.17, 15) is 34.8 Å². The third-order valence-corrected chi connectivity index (χ3v) is 6.28. The lowest BCUT2D eigenvalue weighted by Gasteiger charge is -2.22. The van der Waals surface area contributed by atoms with E-state index in [1.807, 2.05) is 4.13 Å². The highest BCUT2D eigenvalue weighted by atomic mass is 32.3. The smallest absolute Gasteiger partial charge is 0.426 e. The molecule has 0 bridgehead atoms. The second-order valence-corrected chi connectivity index (χ2v) is 9.00. The van der Waals surface area contributed by atoms with Crippen molar-refractivity contribution < 1.29 is 39.5 Å². The van der Waals surface area contributed by atoms with Gasteiger partial charge in [0.15, 0.2) is 10.0 Å². The number of ether oxygens (including phenoxy) is 1. The Morgan fingerprint density at radius 3 is 1.96 bits per heavy atom. The summed E-state index contributed by atoms with van der Waals surface area (Å²) in [5.74, 6) is -0.640. The summed E-state index contributed by atoms with van der Waals surface area (Å²) in [4.78, 5) is 11.1. The standard InChI is InChI=1S/C13H15F3NO6S2/c1-4-12(2,3)11(18)23-9-5-7-10(8-6-9)24(19,20)17-25(21,22)13(14,15)16/h5-8H,4H2,1-3H3/q-1. The van der Waals surface area contributed by atoms with Gasteiger partial charge in [-0.25, -0.2) is 16.8 Å². The van der Waals surface area contributed by atoms with Crippen LogP contribution in [-0.2, 0) is 24.8 Å². The van der Waals surface area contributed by atoms with Gasteiger partial charge >= 0.3 is 11.5 Å². The molecule has 0 spiro atoms. The first-order valence-electron chi connectivity index (χ1n) is 6.75. The fraction of sp³-hybridized carbons (Fsp3) is 0.462. The van der Waals surface area contributed by atoms with Gasteiger partial charge in [-0.1, -0.05) is 6.92 Å². The molecule has 0 amide bonds. The third-order valence-electron chi connectivity index (χ3n) is 3.26. The van der Waals surface area contributed by atoms with Gasteiger partial charge < -0.3 is 8.86 Å². The maximum absolute atomic E-state index is 12.2. The number of esters is 1. The summed E-state index contributed by atoms with van der Waals surface area (Å²) in [6.07, 6.45) is 0.479. The zero-order chi connectivity index (χ0) is 19.7. The number of sulfonamides is 2. The highest BCUT2D eigenvalue weighted by Crippen LogP contribution is 2.33. The summed E-state index contributed by atoms with van der Waals surface area (Å²) in [5.41, 5.74) is -6.62. The first-order valence-corrected chi connectivity index (χ1v) is 9.63. The number of nitrogens with zero attached hydrogens (tertiary/aromatic N) is 1. The molecule has 0 radical (unpaired) electrons. The SMILES string of the molecule is CCC(C)(C)C(=O)Oc1ccc(S(=O)(=O)[N-]S(=O)(=O)C(F)(F)F)cc1. The maximum atomic E-state index is 12.2. The molecule has 0 aliphatic heterocycles. The number of hydrogen-bond acceptors (Lipinski definition) is 6. The van der Waals surface area contributed by atoms with Crippen LogP contribution in [0.5, 0.6) is 5.75 Å². The first kappa shape index (κ1) is 21.4. The Hall–Kier alpha value is -1.66. The monoisotopic (exact) mass is 402 g/mol. The Labute approximate surface area is 143 Å². The second kappa shape index (κ2) is 6.92. The van der Waals surface area contributed by atoms with Gasteiger partial charge in [0.1, 0.15) is 15.8 Å². The molecule has 142 valence electrons. The predicted octanol–water partition coefficient (Wildman–Crippen LogP) is 2.94. The average Bonchev–Trinajstić information content (AvgIpc) is 2.45. The van der Waals surface area contributed by atoms with Crippen LogP contribution in [0.25, 0.3) is 4.13 Å². The highest BCUT2D eigenvalue weighted by Gasteiger charge is 2.40. The van der Waals surface area contributed by atoms with Gasteiger partial charge in [-0.15, -0.1) is 0 Å². The molecular formula is C13H15F3NO6S2-. The molecule has 0 fully saturated rings. The second-order valence-electron chi connectivity index (χ2n) is 5.57. The van der Waals surface area contributed by atoms with E-state index < -0.39 is 41.8 Å². The molecule has 0 unspecified atom stereocenters. The number of benzene rings is 1. The Bertz CT molecular complexity index is 843. The van der Waals surface area contributed by atoms with E-state index in [1.54, 1.807) is 20.8 Å². The van der Waals surface area contributed by atoms with Crippen LogP contribution in [0.1, 0.15) is 27.2 Å². The minimum absolute atomic E-state index is 0.0517. The van der Waals surface area contributed by atoms with E-state index in [-0.39, 0.29) is 5.75 Å². The number of halogens is 3. The molecule has 25 heavy (non-hydrogen) atoms. The Kier molecular flexibility index (Phi) is 5.92. The molecule has 0 aliphatic rings. The third kappa shape index (κ3) is 5.16. The summed E-state index contributed by atoms with van der Waals surface area (Å²) in [5, 5.41) is 0. The molecule has 1 rings (SSSR count). The van der Waals surface area contributed by atoms with Crippen LogP contribution in [-0.4, -0.2) is 28.3 Å². The molecular weight excluding hydrogens is 387 g/mol. The van der Waals surface area contributed by atoms with E-state index in [1.165, 1.54) is 0 Å². The fourth-order valence-electron chi connectivity index (χ4n) is 1.28. The molecule has 0 aromatic heterocycles. The van der Waals surface area contributed by atoms with Crippen molar-refractivity contribution in [2.75, 3.05) is 0 Å². The van der Waals surface area contributed by atoms with E-state index in [2.05, 4.69) is 0 Å². The van der Waals surface area contributed by atoms with Gasteiger partial charge in [0, 0.05) is 4.90 Å². The molecule has 0 saturated carbocycles. The van der Waals surface area contributed by atoms with Gasteiger partial charge in [0.05, 0.1) is 5.41 Å². The Morgan fingerprint density at radius 2 is 1.56 bits per heavy atom. The Balaban J connectivity index is 3.01. The van der Waals surface area contributed by atoms with E-state index in [4.69, 9.17) is 4.74 Å². The van der Waals surface area contributed by atoms with Crippen LogP contribution in [0.4, 0.5) is 13.2 Å². The summed E-state index contributed by atoms with van der Waals surface area (Å²) >= 11 is 0. The largest absolute Gasteiger partial charge is 0.480 e. The topological polar surface area (TPSA) is 109 Å². The van der Waals surface area contributed by atoms with Gasteiger partial charge in [0.25, 0.3) is 0 Å². The van der Waals surface area contributed by atoms with Crippen molar-refractivity contribution in [1.82, 2.24) is 0 Å². The summed E-state index contributed by atoms with van der Waals surface area (Å²) in [6.45, 7) is 5.03. The first-order chi connectivity index (χ1) is 11.1. The molecule has 12 heteroatoms. The van der Waals surface area contributed by atoms with Crippen molar-refractivity contribution in [2.45, 2.75) is 37.6 Å². The highest BCUT2D eigenvalue weighted by molar-refractivity contribution is 8.12. The van der Waals surface area contributed by atoms with Crippen molar-refractivity contribution in [2.24, 2.45) is 5.41 Å². The van der Waals surface area contributed by atoms with Crippen LogP contribution in [0.15, 0.2) is 29.2 Å². The molecule has 1 aromatic rings. The minimum Gasteiger partial charge on any atom is -0.426 e. The molecule has 1 aromatic carbocycles. The number of hydrogen-bond donors (Lipinski definition) is 0. The van der Waals surface area contributed by atoms with Crippen molar-refractivity contribution in [3.8, 4) is 5.75 Å². The van der Waals surface area contributed by atoms with Gasteiger partial charge in [-0.3, -0.25) is 4.79 Å². The summed E-state index contributed by atoms with van der Waals surface area (Å²) in [6, 6.07) is 3.58. The normalized spacial score (nSPS) is 13.5. The number of carbonyl (C=O) groups excluding carboxylic acids is 1. The van der Waals surface area contributed by atoms with Crippen LogP contribution < -0.4 is 4.74 Å². The number of carbonyl (C=O) groups is 1. The van der Waals surface area contributed by atoms with Gasteiger partial charge in [-0.2, -0.15) is 13.2 Å². The minimum atomic E-state index is -6.20.